The maximum atomic E-state index is 10.9. The third kappa shape index (κ3) is 1.69. The van der Waals surface area contributed by atoms with Gasteiger partial charge in [-0.1, -0.05) is 13.8 Å². The van der Waals surface area contributed by atoms with E-state index in [1.165, 1.54) is 0 Å². The molecule has 2 aromatic heterocycles. The van der Waals surface area contributed by atoms with Gasteiger partial charge in [-0.2, -0.15) is 0 Å². The van der Waals surface area contributed by atoms with Crippen LogP contribution < -0.4 is 5.76 Å². The van der Waals surface area contributed by atoms with Crippen LogP contribution in [-0.4, -0.2) is 9.97 Å². The van der Waals surface area contributed by atoms with E-state index < -0.39 is 5.76 Å². The number of nitrogens with one attached hydrogen (secondary N) is 1. The molecule has 0 atom stereocenters. The molecule has 74 valence electrons. The van der Waals surface area contributed by atoms with Crippen LogP contribution in [0.3, 0.4) is 0 Å². The van der Waals surface area contributed by atoms with Gasteiger partial charge in [0.2, 0.25) is 5.71 Å². The smallest absolute Gasteiger partial charge is 0.389 e. The molecular weight excluding hydrogens is 180 g/mol. The van der Waals surface area contributed by atoms with Crippen LogP contribution in [0.15, 0.2) is 21.3 Å². The van der Waals surface area contributed by atoms with Crippen LogP contribution in [0.5, 0.6) is 0 Å². The fourth-order valence-corrected chi connectivity index (χ4v) is 1.41. The Morgan fingerprint density at radius 3 is 3.00 bits per heavy atom. The van der Waals surface area contributed by atoms with Gasteiger partial charge in [0.1, 0.15) is 5.52 Å². The summed E-state index contributed by atoms with van der Waals surface area (Å²) in [6, 6.07) is 3.73. The molecule has 0 aromatic carbocycles. The molecule has 0 spiro atoms. The van der Waals surface area contributed by atoms with Crippen molar-refractivity contribution in [2.24, 2.45) is 5.92 Å². The summed E-state index contributed by atoms with van der Waals surface area (Å²) >= 11 is 0. The van der Waals surface area contributed by atoms with Crippen LogP contribution in [0.25, 0.3) is 11.2 Å². The quantitative estimate of drug-likeness (QED) is 0.788. The molecule has 2 aromatic rings. The molecule has 0 aliphatic rings. The van der Waals surface area contributed by atoms with Crippen molar-refractivity contribution in [3.8, 4) is 0 Å². The van der Waals surface area contributed by atoms with E-state index in [1.54, 1.807) is 0 Å². The molecular formula is C10H12N2O2. The van der Waals surface area contributed by atoms with Crippen molar-refractivity contribution in [1.29, 1.82) is 0 Å². The summed E-state index contributed by atoms with van der Waals surface area (Å²) in [5.74, 6) is 0.0970. The number of hydrogen-bond donors (Lipinski definition) is 1. The minimum Gasteiger partial charge on any atom is -0.389 e. The summed E-state index contributed by atoms with van der Waals surface area (Å²) in [4.78, 5) is 17.7. The average Bonchev–Trinajstić information content (AvgIpc) is 2.42. The Kier molecular flexibility index (Phi) is 2.11. The lowest BCUT2D eigenvalue weighted by molar-refractivity contribution is 0.542. The van der Waals surface area contributed by atoms with Crippen LogP contribution in [0.2, 0.25) is 0 Å². The maximum Gasteiger partial charge on any atom is 0.418 e. The number of hydrogen-bond acceptors (Lipinski definition) is 3. The van der Waals surface area contributed by atoms with E-state index in [4.69, 9.17) is 4.42 Å². The monoisotopic (exact) mass is 192 g/mol. The minimum atomic E-state index is -0.450. The fraction of sp³-hybridized carbons (Fsp3) is 0.400. The topological polar surface area (TPSA) is 58.9 Å². The van der Waals surface area contributed by atoms with Crippen LogP contribution >= 0.6 is 0 Å². The van der Waals surface area contributed by atoms with Gasteiger partial charge in [0.25, 0.3) is 0 Å². The van der Waals surface area contributed by atoms with E-state index in [-0.39, 0.29) is 0 Å². The van der Waals surface area contributed by atoms with Gasteiger partial charge in [0.05, 0.1) is 0 Å². The van der Waals surface area contributed by atoms with Crippen LogP contribution in [0.1, 0.15) is 19.5 Å². The molecule has 0 amide bonds. The highest BCUT2D eigenvalue weighted by Gasteiger charge is 2.04. The third-order valence-corrected chi connectivity index (χ3v) is 1.96. The zero-order valence-electron chi connectivity index (χ0n) is 8.20. The highest BCUT2D eigenvalue weighted by atomic mass is 16.4. The first-order chi connectivity index (χ1) is 6.65. The Labute approximate surface area is 81.0 Å². The number of oxazole rings is 1. The van der Waals surface area contributed by atoms with Crippen LogP contribution in [0.4, 0.5) is 0 Å². The maximum absolute atomic E-state index is 10.9. The Morgan fingerprint density at radius 1 is 1.50 bits per heavy atom. The number of aromatic nitrogens is 2. The lowest BCUT2D eigenvalue weighted by atomic mass is 10.1. The highest BCUT2D eigenvalue weighted by Crippen LogP contribution is 2.10. The van der Waals surface area contributed by atoms with Crippen molar-refractivity contribution in [3.63, 3.8) is 0 Å². The lowest BCUT2D eigenvalue weighted by Gasteiger charge is -2.02. The number of pyridine rings is 1. The van der Waals surface area contributed by atoms with E-state index in [0.717, 1.165) is 12.1 Å². The van der Waals surface area contributed by atoms with Gasteiger partial charge in [0, 0.05) is 5.69 Å². The summed E-state index contributed by atoms with van der Waals surface area (Å²) in [6.45, 7) is 4.25. The Bertz CT molecular complexity index is 496. The van der Waals surface area contributed by atoms with Crippen molar-refractivity contribution in [2.45, 2.75) is 20.3 Å². The standard InChI is InChI=1S/C10H12N2O2/c1-6(2)5-7-3-4-8-9(11-7)14-10(13)12-8/h3-4,6H,5H2,1-2H3,(H,12,13). The van der Waals surface area contributed by atoms with Crippen molar-refractivity contribution >= 4 is 11.2 Å². The van der Waals surface area contributed by atoms with E-state index in [1.807, 2.05) is 12.1 Å². The molecule has 0 aliphatic heterocycles. The van der Waals surface area contributed by atoms with Gasteiger partial charge in [-0.15, -0.1) is 0 Å². The SMILES string of the molecule is CC(C)Cc1ccc2[nH]c(=O)oc2n1. The molecule has 2 heterocycles. The molecule has 14 heavy (non-hydrogen) atoms. The predicted molar refractivity (Wildman–Crippen MR) is 53.2 cm³/mol. The van der Waals surface area contributed by atoms with Gasteiger partial charge in [-0.25, -0.2) is 9.78 Å². The first kappa shape index (κ1) is 8.99. The predicted octanol–water partition coefficient (Wildman–Crippen LogP) is 1.71. The van der Waals surface area contributed by atoms with Gasteiger partial charge in [0.15, 0.2) is 0 Å². The van der Waals surface area contributed by atoms with E-state index in [2.05, 4.69) is 23.8 Å². The van der Waals surface area contributed by atoms with Gasteiger partial charge < -0.3 is 4.42 Å². The lowest BCUT2D eigenvalue weighted by Crippen LogP contribution is -1.96. The summed E-state index contributed by atoms with van der Waals surface area (Å²) in [5, 5.41) is 0. The van der Waals surface area contributed by atoms with Crippen LogP contribution in [0, 0.1) is 5.92 Å². The molecule has 0 saturated carbocycles. The number of rotatable bonds is 2. The molecule has 1 N–H and O–H groups in total. The van der Waals surface area contributed by atoms with Crippen molar-refractivity contribution in [1.82, 2.24) is 9.97 Å². The van der Waals surface area contributed by atoms with Gasteiger partial charge in [-0.05, 0) is 24.5 Å². The van der Waals surface area contributed by atoms with Crippen LogP contribution in [-0.2, 0) is 6.42 Å². The molecule has 0 bridgehead atoms. The second kappa shape index (κ2) is 3.29. The zero-order valence-corrected chi connectivity index (χ0v) is 8.20. The van der Waals surface area contributed by atoms with E-state index in [0.29, 0.717) is 17.1 Å². The van der Waals surface area contributed by atoms with Gasteiger partial charge in [-0.3, -0.25) is 4.98 Å². The molecule has 0 fully saturated rings. The Balaban J connectivity index is 2.45. The highest BCUT2D eigenvalue weighted by molar-refractivity contribution is 5.67. The molecule has 4 nitrogen and oxygen atoms in total. The number of nitrogens with zero attached hydrogens (tertiary/aromatic N) is 1. The first-order valence-electron chi connectivity index (χ1n) is 4.64. The van der Waals surface area contributed by atoms with E-state index >= 15 is 0 Å². The number of H-pyrrole nitrogens is 1. The summed E-state index contributed by atoms with van der Waals surface area (Å²) in [6.07, 6.45) is 0.894. The summed E-state index contributed by atoms with van der Waals surface area (Å²) < 4.78 is 4.87. The minimum absolute atomic E-state index is 0.396. The summed E-state index contributed by atoms with van der Waals surface area (Å²) in [7, 11) is 0. The average molecular weight is 192 g/mol. The normalized spacial score (nSPS) is 11.4. The molecule has 0 saturated heterocycles. The molecule has 0 aliphatic carbocycles. The van der Waals surface area contributed by atoms with Crippen molar-refractivity contribution in [3.05, 3.63) is 28.4 Å². The van der Waals surface area contributed by atoms with Gasteiger partial charge >= 0.3 is 5.76 Å². The number of fused-ring (bicyclic) bond motifs is 1. The van der Waals surface area contributed by atoms with E-state index in [9.17, 15) is 4.79 Å². The molecule has 0 radical (unpaired) electrons. The Morgan fingerprint density at radius 2 is 2.29 bits per heavy atom. The number of aromatic amines is 1. The first-order valence-corrected chi connectivity index (χ1v) is 4.64. The van der Waals surface area contributed by atoms with Crippen molar-refractivity contribution < 1.29 is 4.42 Å². The fourth-order valence-electron chi connectivity index (χ4n) is 1.41. The zero-order chi connectivity index (χ0) is 10.1. The summed E-state index contributed by atoms with van der Waals surface area (Å²) in [5.41, 5.74) is 2.01. The Hall–Kier alpha value is -1.58. The largest absolute Gasteiger partial charge is 0.418 e. The molecule has 4 heteroatoms. The second-order valence-electron chi connectivity index (χ2n) is 3.77. The molecule has 0 unspecified atom stereocenters. The second-order valence-corrected chi connectivity index (χ2v) is 3.77. The third-order valence-electron chi connectivity index (χ3n) is 1.96. The molecule has 2 rings (SSSR count). The van der Waals surface area contributed by atoms with Crippen molar-refractivity contribution in [2.75, 3.05) is 0 Å².